The first kappa shape index (κ1) is 21.9. The van der Waals surface area contributed by atoms with Crippen LogP contribution in [0.15, 0.2) is 91.1 Å². The van der Waals surface area contributed by atoms with Gasteiger partial charge in [0.1, 0.15) is 5.82 Å². The maximum absolute atomic E-state index is 12.4. The highest BCUT2D eigenvalue weighted by Crippen LogP contribution is 2.19. The van der Waals surface area contributed by atoms with Gasteiger partial charge in [-0.2, -0.15) is 0 Å². The smallest absolute Gasteiger partial charge is 0.319 e. The Morgan fingerprint density at radius 2 is 1.59 bits per heavy atom. The van der Waals surface area contributed by atoms with Crippen molar-refractivity contribution in [2.45, 2.75) is 13.1 Å². The summed E-state index contributed by atoms with van der Waals surface area (Å²) in [4.78, 5) is 21.7. The zero-order valence-electron chi connectivity index (χ0n) is 19.2. The van der Waals surface area contributed by atoms with Crippen LogP contribution in [0.2, 0.25) is 0 Å². The van der Waals surface area contributed by atoms with Crippen LogP contribution in [0.25, 0.3) is 10.8 Å². The van der Waals surface area contributed by atoms with E-state index in [4.69, 9.17) is 0 Å². The summed E-state index contributed by atoms with van der Waals surface area (Å²) in [5.41, 5.74) is 3.14. The van der Waals surface area contributed by atoms with Gasteiger partial charge in [-0.3, -0.25) is 4.90 Å². The van der Waals surface area contributed by atoms with E-state index in [-0.39, 0.29) is 6.03 Å². The van der Waals surface area contributed by atoms with Gasteiger partial charge in [-0.15, -0.1) is 0 Å². The van der Waals surface area contributed by atoms with Gasteiger partial charge in [-0.05, 0) is 46.2 Å². The fraction of sp³-hybridized carbons (Fsp3) is 0.214. The van der Waals surface area contributed by atoms with Gasteiger partial charge in [0.2, 0.25) is 0 Å². The lowest BCUT2D eigenvalue weighted by Gasteiger charge is -2.35. The summed E-state index contributed by atoms with van der Waals surface area (Å²) in [5.74, 6) is 1.05. The summed E-state index contributed by atoms with van der Waals surface area (Å²) in [6.45, 7) is 5.36. The first-order valence-electron chi connectivity index (χ1n) is 11.7. The Hall–Kier alpha value is -3.90. The first-order chi connectivity index (χ1) is 16.7. The summed E-state index contributed by atoms with van der Waals surface area (Å²) in [6.07, 6.45) is 1.85. The zero-order chi connectivity index (χ0) is 23.2. The van der Waals surface area contributed by atoms with E-state index in [1.165, 1.54) is 10.9 Å². The molecule has 1 saturated heterocycles. The Kier molecular flexibility index (Phi) is 6.68. The number of hydrogen-bond donors (Lipinski definition) is 2. The molecule has 1 fully saturated rings. The number of aromatic nitrogens is 1. The van der Waals surface area contributed by atoms with Crippen LogP contribution in [0.4, 0.5) is 16.3 Å². The summed E-state index contributed by atoms with van der Waals surface area (Å²) in [6, 6.07) is 28.3. The molecule has 6 nitrogen and oxygen atoms in total. The van der Waals surface area contributed by atoms with Crippen molar-refractivity contribution in [3.63, 3.8) is 0 Å². The average molecular weight is 452 g/mol. The normalized spacial score (nSPS) is 14.2. The number of amides is 2. The van der Waals surface area contributed by atoms with Gasteiger partial charge in [0.25, 0.3) is 0 Å². The largest absolute Gasteiger partial charge is 0.354 e. The Balaban J connectivity index is 1.10. The molecular formula is C28H29N5O. The fourth-order valence-corrected chi connectivity index (χ4v) is 4.43. The van der Waals surface area contributed by atoms with Gasteiger partial charge in [0.05, 0.1) is 0 Å². The fourth-order valence-electron chi connectivity index (χ4n) is 4.43. The molecule has 0 bridgehead atoms. The Morgan fingerprint density at radius 3 is 2.38 bits per heavy atom. The minimum Gasteiger partial charge on any atom is -0.354 e. The van der Waals surface area contributed by atoms with E-state index in [1.807, 2.05) is 54.7 Å². The summed E-state index contributed by atoms with van der Waals surface area (Å²) >= 11 is 0. The molecular weight excluding hydrogens is 422 g/mol. The molecule has 0 aliphatic carbocycles. The molecule has 1 aliphatic heterocycles. The van der Waals surface area contributed by atoms with Crippen molar-refractivity contribution in [3.05, 3.63) is 102 Å². The lowest BCUT2D eigenvalue weighted by molar-refractivity contribution is 0.249. The molecule has 0 saturated carbocycles. The third-order valence-corrected chi connectivity index (χ3v) is 6.28. The van der Waals surface area contributed by atoms with Crippen molar-refractivity contribution in [1.29, 1.82) is 0 Å². The van der Waals surface area contributed by atoms with Crippen molar-refractivity contribution < 1.29 is 4.79 Å². The number of nitrogens with zero attached hydrogens (tertiary/aromatic N) is 3. The average Bonchev–Trinajstić information content (AvgIpc) is 2.89. The molecule has 0 radical (unpaired) electrons. The number of benzene rings is 3. The maximum atomic E-state index is 12.4. The van der Waals surface area contributed by atoms with E-state index < -0.39 is 0 Å². The number of hydrogen-bond acceptors (Lipinski definition) is 4. The lowest BCUT2D eigenvalue weighted by atomic mass is 10.0. The van der Waals surface area contributed by atoms with Crippen LogP contribution in [0.1, 0.15) is 11.1 Å². The Morgan fingerprint density at radius 1 is 0.824 bits per heavy atom. The molecule has 172 valence electrons. The third-order valence-electron chi connectivity index (χ3n) is 6.28. The predicted octanol–water partition coefficient (Wildman–Crippen LogP) is 4.88. The van der Waals surface area contributed by atoms with Crippen LogP contribution in [0.5, 0.6) is 0 Å². The van der Waals surface area contributed by atoms with Gasteiger partial charge in [-0.25, -0.2) is 9.78 Å². The molecule has 34 heavy (non-hydrogen) atoms. The van der Waals surface area contributed by atoms with Crippen LogP contribution < -0.4 is 15.5 Å². The number of piperazine rings is 1. The Bertz CT molecular complexity index is 1230. The van der Waals surface area contributed by atoms with Crippen LogP contribution >= 0.6 is 0 Å². The topological polar surface area (TPSA) is 60.5 Å². The number of carbonyl (C=O) groups excluding carboxylic acids is 1. The zero-order valence-corrected chi connectivity index (χ0v) is 19.2. The molecule has 1 aromatic heterocycles. The van der Waals surface area contributed by atoms with Crippen LogP contribution in [0, 0.1) is 0 Å². The third kappa shape index (κ3) is 5.35. The number of anilines is 2. The van der Waals surface area contributed by atoms with Gasteiger partial charge < -0.3 is 15.5 Å². The van der Waals surface area contributed by atoms with Crippen LogP contribution in [-0.4, -0.2) is 42.1 Å². The second kappa shape index (κ2) is 10.4. The van der Waals surface area contributed by atoms with Crippen molar-refractivity contribution in [2.75, 3.05) is 36.4 Å². The molecule has 2 heterocycles. The first-order valence-corrected chi connectivity index (χ1v) is 11.7. The van der Waals surface area contributed by atoms with Gasteiger partial charge in [0, 0.05) is 51.2 Å². The standard InChI is InChI=1S/C28H29N5O/c34-28(30-20-24-8-5-7-23-6-1-2-9-26(23)24)31-25-13-11-22(12-14-25)21-32-16-18-33(19-17-32)27-10-3-4-15-29-27/h1-15H,16-21H2,(H2,30,31,34). The van der Waals surface area contributed by atoms with Gasteiger partial charge in [0.15, 0.2) is 0 Å². The van der Waals surface area contributed by atoms with E-state index in [0.29, 0.717) is 6.54 Å². The minimum atomic E-state index is -0.202. The monoisotopic (exact) mass is 451 g/mol. The summed E-state index contributed by atoms with van der Waals surface area (Å²) in [5, 5.41) is 8.25. The van der Waals surface area contributed by atoms with Crippen molar-refractivity contribution in [3.8, 4) is 0 Å². The van der Waals surface area contributed by atoms with Crippen molar-refractivity contribution in [2.24, 2.45) is 0 Å². The highest BCUT2D eigenvalue weighted by atomic mass is 16.2. The Labute approximate surface area is 200 Å². The lowest BCUT2D eigenvalue weighted by Crippen LogP contribution is -2.46. The number of urea groups is 1. The molecule has 4 aromatic rings. The molecule has 0 unspecified atom stereocenters. The predicted molar refractivity (Wildman–Crippen MR) is 138 cm³/mol. The highest BCUT2D eigenvalue weighted by molar-refractivity contribution is 5.90. The number of fused-ring (bicyclic) bond motifs is 1. The van der Waals surface area contributed by atoms with E-state index in [0.717, 1.165) is 55.2 Å². The molecule has 3 aromatic carbocycles. The highest BCUT2D eigenvalue weighted by Gasteiger charge is 2.17. The number of carbonyl (C=O) groups is 1. The van der Waals surface area contributed by atoms with Crippen LogP contribution in [0.3, 0.4) is 0 Å². The second-order valence-corrected chi connectivity index (χ2v) is 8.59. The van der Waals surface area contributed by atoms with E-state index in [2.05, 4.69) is 61.8 Å². The molecule has 0 atom stereocenters. The molecule has 2 amide bonds. The number of nitrogens with one attached hydrogen (secondary N) is 2. The maximum Gasteiger partial charge on any atom is 0.319 e. The summed E-state index contributed by atoms with van der Waals surface area (Å²) < 4.78 is 0. The molecule has 2 N–H and O–H groups in total. The quantitative estimate of drug-likeness (QED) is 0.439. The van der Waals surface area contributed by atoms with Gasteiger partial charge in [-0.1, -0.05) is 60.7 Å². The number of pyridine rings is 1. The molecule has 1 aliphatic rings. The van der Waals surface area contributed by atoms with E-state index in [9.17, 15) is 4.79 Å². The van der Waals surface area contributed by atoms with Gasteiger partial charge >= 0.3 is 6.03 Å². The second-order valence-electron chi connectivity index (χ2n) is 8.59. The van der Waals surface area contributed by atoms with Crippen LogP contribution in [-0.2, 0) is 13.1 Å². The van der Waals surface area contributed by atoms with E-state index >= 15 is 0 Å². The SMILES string of the molecule is O=C(NCc1cccc2ccccc12)Nc1ccc(CN2CCN(c3ccccn3)CC2)cc1. The number of rotatable bonds is 6. The minimum absolute atomic E-state index is 0.202. The van der Waals surface area contributed by atoms with Crippen molar-refractivity contribution >= 4 is 28.3 Å². The molecule has 6 heteroatoms. The van der Waals surface area contributed by atoms with Crippen molar-refractivity contribution in [1.82, 2.24) is 15.2 Å². The molecule has 5 rings (SSSR count). The van der Waals surface area contributed by atoms with E-state index in [1.54, 1.807) is 0 Å². The summed E-state index contributed by atoms with van der Waals surface area (Å²) in [7, 11) is 0. The molecule has 0 spiro atoms.